The molecule has 2 heterocycles. The first-order chi connectivity index (χ1) is 15.0. The Morgan fingerprint density at radius 2 is 1.72 bits per heavy atom. The molecule has 1 aliphatic rings. The van der Waals surface area contributed by atoms with Crippen LogP contribution in [0.3, 0.4) is 0 Å². The smallest absolute Gasteiger partial charge is 0.205 e. The van der Waals surface area contributed by atoms with Crippen LogP contribution in [-0.2, 0) is 20.2 Å². The Morgan fingerprint density at radius 1 is 1.06 bits per heavy atom. The largest absolute Gasteiger partial charge is 0.524 e. The van der Waals surface area contributed by atoms with Gasteiger partial charge in [-0.05, 0) is 41.0 Å². The molecule has 0 saturated carbocycles. The van der Waals surface area contributed by atoms with Crippen molar-refractivity contribution in [1.29, 1.82) is 0 Å². The Balaban J connectivity index is 1.88. The van der Waals surface area contributed by atoms with Crippen molar-refractivity contribution in [1.82, 2.24) is 0 Å². The van der Waals surface area contributed by atoms with Crippen LogP contribution in [0.2, 0.25) is 0 Å². The van der Waals surface area contributed by atoms with Gasteiger partial charge in [0.05, 0.1) is 13.6 Å². The molecular formula is C20H17F5O3S4. The molecule has 4 rings (SSSR count). The van der Waals surface area contributed by atoms with Crippen molar-refractivity contribution >= 4 is 68.4 Å². The van der Waals surface area contributed by atoms with Crippen LogP contribution in [0.4, 0.5) is 22.0 Å². The molecule has 1 aromatic heterocycles. The third-order valence-electron chi connectivity index (χ3n) is 4.88. The van der Waals surface area contributed by atoms with Crippen LogP contribution < -0.4 is 0 Å². The highest BCUT2D eigenvalue weighted by molar-refractivity contribution is 8.34. The predicted molar refractivity (Wildman–Crippen MR) is 123 cm³/mol. The van der Waals surface area contributed by atoms with Gasteiger partial charge in [0.15, 0.2) is 0 Å². The normalized spacial score (nSPS) is 18.1. The molecule has 3 aromatic rings. The summed E-state index contributed by atoms with van der Waals surface area (Å²) in [6.45, 7) is 1.93. The summed E-state index contributed by atoms with van der Waals surface area (Å²) in [5.74, 6) is -0.579. The predicted octanol–water partition coefficient (Wildman–Crippen LogP) is 6.95. The number of alkyl halides is 3. The van der Waals surface area contributed by atoms with Crippen molar-refractivity contribution < 1.29 is 34.0 Å². The van der Waals surface area contributed by atoms with Gasteiger partial charge in [-0.25, -0.2) is 8.78 Å². The van der Waals surface area contributed by atoms with Gasteiger partial charge in [0.25, 0.3) is 0 Å². The minimum absolute atomic E-state index is 0.0105. The molecule has 1 atom stereocenters. The zero-order valence-corrected chi connectivity index (χ0v) is 19.9. The van der Waals surface area contributed by atoms with Crippen molar-refractivity contribution in [3.63, 3.8) is 0 Å². The molecular weight excluding hydrogens is 511 g/mol. The van der Waals surface area contributed by atoms with Gasteiger partial charge in [-0.2, -0.15) is 25.2 Å². The van der Waals surface area contributed by atoms with Crippen LogP contribution in [-0.4, -0.2) is 29.6 Å². The Bertz CT molecular complexity index is 1340. The summed E-state index contributed by atoms with van der Waals surface area (Å²) < 4.78 is 97.1. The average Bonchev–Trinajstić information content (AvgIpc) is 3.11. The van der Waals surface area contributed by atoms with E-state index in [1.165, 1.54) is 6.07 Å². The number of thiophene rings is 1. The van der Waals surface area contributed by atoms with Gasteiger partial charge in [-0.15, -0.1) is 23.1 Å². The minimum Gasteiger partial charge on any atom is -0.205 e. The molecule has 2 aromatic carbocycles. The molecule has 0 aliphatic carbocycles. The lowest BCUT2D eigenvalue weighted by atomic mass is 10.1. The molecule has 0 saturated heterocycles. The molecule has 0 fully saturated rings. The van der Waals surface area contributed by atoms with Crippen LogP contribution in [0.15, 0.2) is 24.3 Å². The highest BCUT2D eigenvalue weighted by Crippen LogP contribution is 2.43. The summed E-state index contributed by atoms with van der Waals surface area (Å²) >= 11 is 2.02. The number of benzene rings is 2. The maximum absolute atomic E-state index is 15.5. The van der Waals surface area contributed by atoms with Crippen molar-refractivity contribution in [2.45, 2.75) is 31.7 Å². The SMILES string of the molecule is CCCc1ccc2c(sc3c(F)c(C4=S(OS(=O)(=O)C(F)(F)F)CCCS4)ccc32)c1F. The second-order valence-electron chi connectivity index (χ2n) is 7.08. The fraction of sp³-hybridized carbons (Fsp3) is 0.350. The Labute approximate surface area is 192 Å². The monoisotopic (exact) mass is 528 g/mol. The van der Waals surface area contributed by atoms with Crippen LogP contribution in [0, 0.1) is 11.6 Å². The molecule has 0 N–H and O–H groups in total. The standard InChI is InChI=1S/C20H17F5O3S4/c1-2-4-11-5-6-12-13-7-8-14(16(22)18(13)30-17(12)15(11)21)19-29-9-3-10-31(19)28-32(26,27)20(23,24)25/h5-8H,2-4,9-10H2,1H3. The number of thioether (sulfide) groups is 1. The van der Waals surface area contributed by atoms with E-state index in [1.807, 2.05) is 6.92 Å². The second-order valence-corrected chi connectivity index (χ2v) is 12.9. The molecule has 0 bridgehead atoms. The van der Waals surface area contributed by atoms with Gasteiger partial charge in [-0.3, -0.25) is 0 Å². The number of rotatable bonds is 5. The molecule has 3 nitrogen and oxygen atoms in total. The van der Waals surface area contributed by atoms with E-state index in [0.717, 1.165) is 29.5 Å². The summed E-state index contributed by atoms with van der Waals surface area (Å²) in [6.07, 6.45) is 1.74. The van der Waals surface area contributed by atoms with Gasteiger partial charge >= 0.3 is 15.6 Å². The molecule has 1 unspecified atom stereocenters. The van der Waals surface area contributed by atoms with Gasteiger partial charge < -0.3 is 0 Å². The van der Waals surface area contributed by atoms with Gasteiger partial charge in [0.1, 0.15) is 11.6 Å². The Morgan fingerprint density at radius 3 is 2.38 bits per heavy atom. The molecule has 32 heavy (non-hydrogen) atoms. The van der Waals surface area contributed by atoms with E-state index in [1.54, 1.807) is 18.2 Å². The van der Waals surface area contributed by atoms with E-state index in [0.29, 0.717) is 39.6 Å². The molecule has 174 valence electrons. The van der Waals surface area contributed by atoms with Crippen LogP contribution in [0.1, 0.15) is 30.9 Å². The third-order valence-corrected chi connectivity index (χ3v) is 11.2. The lowest BCUT2D eigenvalue weighted by molar-refractivity contribution is -0.0494. The Kier molecular flexibility index (Phi) is 6.63. The summed E-state index contributed by atoms with van der Waals surface area (Å²) in [6, 6.07) is 6.41. The van der Waals surface area contributed by atoms with Gasteiger partial charge in [0.2, 0.25) is 0 Å². The molecule has 0 radical (unpaired) electrons. The fourth-order valence-corrected chi connectivity index (χ4v) is 9.56. The van der Waals surface area contributed by atoms with E-state index < -0.39 is 38.0 Å². The van der Waals surface area contributed by atoms with Crippen molar-refractivity contribution in [2.24, 2.45) is 0 Å². The highest BCUT2D eigenvalue weighted by Gasteiger charge is 2.48. The zero-order chi connectivity index (χ0) is 23.3. The van der Waals surface area contributed by atoms with Crippen molar-refractivity contribution in [3.8, 4) is 0 Å². The first-order valence-corrected chi connectivity index (χ1v) is 14.1. The first kappa shape index (κ1) is 23.9. The summed E-state index contributed by atoms with van der Waals surface area (Å²) in [7, 11) is -7.59. The number of aryl methyl sites for hydroxylation is 1. The van der Waals surface area contributed by atoms with E-state index in [9.17, 15) is 26.0 Å². The number of fused-ring (bicyclic) bond motifs is 3. The van der Waals surface area contributed by atoms with E-state index in [2.05, 4.69) is 3.63 Å². The van der Waals surface area contributed by atoms with E-state index in [-0.39, 0.29) is 20.2 Å². The summed E-state index contributed by atoms with van der Waals surface area (Å²) in [5, 5.41) is 1.06. The lowest BCUT2D eigenvalue weighted by Gasteiger charge is -2.21. The molecule has 1 aliphatic heterocycles. The van der Waals surface area contributed by atoms with Crippen molar-refractivity contribution in [3.05, 3.63) is 47.0 Å². The van der Waals surface area contributed by atoms with Gasteiger partial charge in [-0.1, -0.05) is 31.5 Å². The fourth-order valence-electron chi connectivity index (χ4n) is 3.42. The second kappa shape index (κ2) is 8.86. The topological polar surface area (TPSA) is 43.4 Å². The van der Waals surface area contributed by atoms with E-state index >= 15 is 4.39 Å². The van der Waals surface area contributed by atoms with E-state index in [4.69, 9.17) is 0 Å². The maximum Gasteiger partial charge on any atom is 0.524 e. The summed E-state index contributed by atoms with van der Waals surface area (Å²) in [4.78, 5) is 0. The van der Waals surface area contributed by atoms with Crippen molar-refractivity contribution in [2.75, 3.05) is 11.5 Å². The van der Waals surface area contributed by atoms with Gasteiger partial charge in [0, 0.05) is 22.1 Å². The Hall–Kier alpha value is -1.21. The highest BCUT2D eigenvalue weighted by atomic mass is 32.3. The zero-order valence-electron chi connectivity index (χ0n) is 16.6. The molecule has 0 spiro atoms. The maximum atomic E-state index is 15.5. The molecule has 12 heteroatoms. The first-order valence-electron chi connectivity index (χ1n) is 9.59. The number of hydrogen-bond donors (Lipinski definition) is 0. The summed E-state index contributed by atoms with van der Waals surface area (Å²) in [5.41, 5.74) is -5.03. The quantitative estimate of drug-likeness (QED) is 0.204. The minimum atomic E-state index is -5.82. The lowest BCUT2D eigenvalue weighted by Crippen LogP contribution is -2.25. The van der Waals surface area contributed by atoms with Crippen LogP contribution in [0.25, 0.3) is 20.2 Å². The molecule has 0 amide bonds. The number of halogens is 5. The van der Waals surface area contributed by atoms with Crippen LogP contribution >= 0.6 is 33.9 Å². The van der Waals surface area contributed by atoms with Crippen LogP contribution in [0.5, 0.6) is 0 Å². The number of hydrogen-bond acceptors (Lipinski definition) is 5. The third kappa shape index (κ3) is 4.20. The average molecular weight is 529 g/mol.